The molecule has 5 aliphatic heterocycles. The van der Waals surface area contributed by atoms with Gasteiger partial charge in [-0.2, -0.15) is 0 Å². The first kappa shape index (κ1) is 40.8. The molecule has 1 unspecified atom stereocenters. The Balaban J connectivity index is 1.25. The summed E-state index contributed by atoms with van der Waals surface area (Å²) in [5.74, 6) is -1.83. The molecule has 1 spiro atoms. The molecule has 5 heterocycles. The lowest BCUT2D eigenvalue weighted by atomic mass is 9.71. The number of aliphatic hydroxyl groups is 2. The highest BCUT2D eigenvalue weighted by molar-refractivity contribution is 6.06. The van der Waals surface area contributed by atoms with Gasteiger partial charge in [-0.1, -0.05) is 68.6 Å². The molecular weight excluding hydrogens is 706 g/mol. The molecule has 0 radical (unpaired) electrons. The molecule has 12 heteroatoms. The minimum absolute atomic E-state index is 0.0359. The summed E-state index contributed by atoms with van der Waals surface area (Å²) in [6.45, 7) is 10.0. The van der Waals surface area contributed by atoms with E-state index in [2.05, 4.69) is 32.0 Å². The molecule has 5 fully saturated rings. The highest BCUT2D eigenvalue weighted by Crippen LogP contribution is 2.48. The number of carbonyl (C=O) groups excluding carboxylic acids is 1. The van der Waals surface area contributed by atoms with E-state index in [4.69, 9.17) is 33.2 Å². The lowest BCUT2D eigenvalue weighted by Crippen LogP contribution is -2.57. The molecule has 3 N–H and O–H groups in total. The van der Waals surface area contributed by atoms with Gasteiger partial charge in [-0.25, -0.2) is 0 Å². The molecule has 1 saturated carbocycles. The summed E-state index contributed by atoms with van der Waals surface area (Å²) in [5, 5.41) is 36.7. The first-order chi connectivity index (χ1) is 26.4. The summed E-state index contributed by atoms with van der Waals surface area (Å²) in [6.07, 6.45) is 14.4. The zero-order chi connectivity index (χ0) is 39.1. The lowest BCUT2D eigenvalue weighted by Gasteiger charge is -2.51. The van der Waals surface area contributed by atoms with Crippen LogP contribution in [0.4, 0.5) is 0 Å². The van der Waals surface area contributed by atoms with E-state index in [0.717, 1.165) is 24.8 Å². The second kappa shape index (κ2) is 16.8. The summed E-state index contributed by atoms with van der Waals surface area (Å²) in [5.41, 5.74) is 0.362. The molecule has 7 aliphatic rings. The SMILES string of the molecule is CO[C@H]1CC(O[C@@H]2/C(C)=C/C[C@@H]3C[C@@H](C[C@]4(CC[C@H](C)[C@@H](C5CCCCC5)O4)O3)OC(=O)[C@@H]3C=C(C)/C(=N/O)[C@H]4OC/C(=C\C=C\[C@@H]2C)[C@]43O)O[C@@H](C)[C@@H]1O. The highest BCUT2D eigenvalue weighted by Gasteiger charge is 2.60. The third kappa shape index (κ3) is 8.17. The van der Waals surface area contributed by atoms with Crippen molar-refractivity contribution < 1.29 is 53.4 Å². The van der Waals surface area contributed by atoms with Gasteiger partial charge in [0.1, 0.15) is 35.5 Å². The number of aliphatic hydroxyl groups excluding tert-OH is 1. The van der Waals surface area contributed by atoms with Gasteiger partial charge in [-0.3, -0.25) is 4.79 Å². The van der Waals surface area contributed by atoms with Crippen molar-refractivity contribution in [3.8, 4) is 0 Å². The quantitative estimate of drug-likeness (QED) is 0.132. The molecule has 12 nitrogen and oxygen atoms in total. The van der Waals surface area contributed by atoms with Gasteiger partial charge < -0.3 is 48.6 Å². The number of oxime groups is 1. The van der Waals surface area contributed by atoms with Crippen LogP contribution in [0.1, 0.15) is 105 Å². The number of esters is 1. The maximum Gasteiger partial charge on any atom is 0.316 e. The Morgan fingerprint density at radius 2 is 1.80 bits per heavy atom. The average molecular weight is 770 g/mol. The Morgan fingerprint density at radius 3 is 2.55 bits per heavy atom. The standard InChI is InChI=1S/C43H63NO11/c1-24-11-10-14-30-23-50-40-36(44-48)27(4)19-33(43(30,40)47)41(46)52-32-20-31(16-15-25(2)38(24)53-35-21-34(49-6)37(45)28(5)51-35)54-42(22-32)18-17-26(3)39(55-42)29-12-8-7-9-13-29/h10-11,14-15,19,24,26,28-29,31-35,37-40,45,47-48H,7-9,12-13,16-18,20-23H2,1-6H3/b11-10+,25-15+,30-14+,44-36-/t24-,26-,28-,31+,32-,33-,34-,35?,37-,38-,39-,40+,42+,43+/m0/s1. The van der Waals surface area contributed by atoms with Crippen molar-refractivity contribution in [2.75, 3.05) is 13.7 Å². The smallest absolute Gasteiger partial charge is 0.316 e. The van der Waals surface area contributed by atoms with E-state index in [-0.39, 0.29) is 30.4 Å². The summed E-state index contributed by atoms with van der Waals surface area (Å²) in [6, 6.07) is 0. The predicted molar refractivity (Wildman–Crippen MR) is 203 cm³/mol. The largest absolute Gasteiger partial charge is 0.462 e. The number of ether oxygens (including phenoxy) is 7. The maximum absolute atomic E-state index is 14.4. The number of nitrogens with zero attached hydrogens (tertiary/aromatic N) is 1. The predicted octanol–water partition coefficient (Wildman–Crippen LogP) is 6.07. The van der Waals surface area contributed by atoms with Crippen molar-refractivity contribution in [2.45, 2.75) is 172 Å². The molecule has 0 aromatic rings. The minimum atomic E-state index is -1.83. The second-order valence-corrected chi connectivity index (χ2v) is 17.4. The molecule has 55 heavy (non-hydrogen) atoms. The molecular formula is C43H63NO11. The highest BCUT2D eigenvalue weighted by atomic mass is 16.7. The van der Waals surface area contributed by atoms with Crippen molar-refractivity contribution in [2.24, 2.45) is 28.8 Å². The molecule has 306 valence electrons. The lowest BCUT2D eigenvalue weighted by molar-refractivity contribution is -0.342. The van der Waals surface area contributed by atoms with Gasteiger partial charge in [0, 0.05) is 38.7 Å². The summed E-state index contributed by atoms with van der Waals surface area (Å²) < 4.78 is 45.1. The Morgan fingerprint density at radius 1 is 1.02 bits per heavy atom. The van der Waals surface area contributed by atoms with E-state index in [1.807, 2.05) is 19.1 Å². The Labute approximate surface area is 325 Å². The first-order valence-corrected chi connectivity index (χ1v) is 20.7. The number of rotatable bonds is 4. The third-order valence-corrected chi connectivity index (χ3v) is 13.6. The van der Waals surface area contributed by atoms with Gasteiger partial charge in [0.05, 0.1) is 37.1 Å². The molecule has 0 amide bonds. The van der Waals surface area contributed by atoms with Gasteiger partial charge >= 0.3 is 5.97 Å². The number of fused-ring (bicyclic) bond motifs is 2. The summed E-state index contributed by atoms with van der Waals surface area (Å²) >= 11 is 0. The van der Waals surface area contributed by atoms with Crippen LogP contribution in [-0.4, -0.2) is 107 Å². The normalized spacial score (nSPS) is 47.9. The Bertz CT molecular complexity index is 1550. The van der Waals surface area contributed by atoms with E-state index < -0.39 is 66.2 Å². The fourth-order valence-electron chi connectivity index (χ4n) is 10.4. The number of allylic oxidation sites excluding steroid dienone is 2. The Kier molecular flexibility index (Phi) is 12.5. The van der Waals surface area contributed by atoms with E-state index in [0.29, 0.717) is 55.1 Å². The van der Waals surface area contributed by atoms with Crippen LogP contribution in [0.2, 0.25) is 0 Å². The van der Waals surface area contributed by atoms with Crippen molar-refractivity contribution in [3.05, 3.63) is 47.1 Å². The second-order valence-electron chi connectivity index (χ2n) is 17.4. The van der Waals surface area contributed by atoms with Gasteiger partial charge in [0.2, 0.25) is 0 Å². The van der Waals surface area contributed by atoms with Crippen LogP contribution in [0.25, 0.3) is 0 Å². The van der Waals surface area contributed by atoms with Gasteiger partial charge in [-0.15, -0.1) is 0 Å². The van der Waals surface area contributed by atoms with Crippen LogP contribution in [0, 0.1) is 23.7 Å². The van der Waals surface area contributed by atoms with Crippen LogP contribution in [0.5, 0.6) is 0 Å². The summed E-state index contributed by atoms with van der Waals surface area (Å²) in [7, 11) is 1.59. The number of carbonyl (C=O) groups is 1. The van der Waals surface area contributed by atoms with Crippen LogP contribution >= 0.6 is 0 Å². The number of hydrogen-bond donors (Lipinski definition) is 3. The fraction of sp³-hybridized carbons (Fsp3) is 0.767. The zero-order valence-corrected chi connectivity index (χ0v) is 33.4. The zero-order valence-electron chi connectivity index (χ0n) is 33.4. The Hall–Kier alpha value is -2.42. The third-order valence-electron chi connectivity index (χ3n) is 13.6. The van der Waals surface area contributed by atoms with E-state index in [1.54, 1.807) is 26.2 Å². The molecule has 14 atom stereocenters. The molecule has 0 aromatic heterocycles. The first-order valence-electron chi connectivity index (χ1n) is 20.7. The van der Waals surface area contributed by atoms with Gasteiger partial charge in [-0.05, 0) is 75.0 Å². The van der Waals surface area contributed by atoms with Gasteiger partial charge in [0.25, 0.3) is 0 Å². The fourth-order valence-corrected chi connectivity index (χ4v) is 10.4. The molecule has 2 bridgehead atoms. The average Bonchev–Trinajstić information content (AvgIpc) is 3.50. The monoisotopic (exact) mass is 769 g/mol. The topological polar surface area (TPSA) is 155 Å². The van der Waals surface area contributed by atoms with Crippen LogP contribution in [0.15, 0.2) is 52.3 Å². The van der Waals surface area contributed by atoms with Crippen molar-refractivity contribution in [1.29, 1.82) is 0 Å². The van der Waals surface area contributed by atoms with Crippen LogP contribution in [0.3, 0.4) is 0 Å². The number of hydrogen-bond acceptors (Lipinski definition) is 12. The van der Waals surface area contributed by atoms with Crippen molar-refractivity contribution in [1.82, 2.24) is 0 Å². The molecule has 7 rings (SSSR count). The van der Waals surface area contributed by atoms with Crippen molar-refractivity contribution in [3.63, 3.8) is 0 Å². The van der Waals surface area contributed by atoms with E-state index in [1.165, 1.54) is 19.3 Å². The molecule has 4 saturated heterocycles. The summed E-state index contributed by atoms with van der Waals surface area (Å²) in [4.78, 5) is 14.4. The van der Waals surface area contributed by atoms with Crippen LogP contribution in [-0.2, 0) is 38.0 Å². The van der Waals surface area contributed by atoms with Crippen LogP contribution < -0.4 is 0 Å². The number of methoxy groups -OCH3 is 1. The van der Waals surface area contributed by atoms with Crippen molar-refractivity contribution >= 4 is 11.7 Å². The maximum atomic E-state index is 14.4. The van der Waals surface area contributed by atoms with E-state index >= 15 is 0 Å². The van der Waals surface area contributed by atoms with E-state index in [9.17, 15) is 20.2 Å². The molecule has 2 aliphatic carbocycles. The minimum Gasteiger partial charge on any atom is -0.462 e. The molecule has 0 aromatic carbocycles. The van der Waals surface area contributed by atoms with Gasteiger partial charge in [0.15, 0.2) is 12.1 Å².